The van der Waals surface area contributed by atoms with E-state index in [1.165, 1.54) is 6.42 Å². The fourth-order valence-corrected chi connectivity index (χ4v) is 2.14. The zero-order valence-electron chi connectivity index (χ0n) is 13.3. The van der Waals surface area contributed by atoms with Crippen molar-refractivity contribution in [1.29, 1.82) is 0 Å². The highest BCUT2D eigenvalue weighted by atomic mass is 16.5. The Labute approximate surface area is 122 Å². The first kappa shape index (κ1) is 14.9. The predicted octanol–water partition coefficient (Wildman–Crippen LogP) is 3.95. The van der Waals surface area contributed by atoms with Gasteiger partial charge in [-0.1, -0.05) is 6.92 Å². The van der Waals surface area contributed by atoms with Gasteiger partial charge in [0.15, 0.2) is 0 Å². The third kappa shape index (κ3) is 3.75. The zero-order chi connectivity index (χ0) is 14.7. The Morgan fingerprint density at radius 3 is 2.65 bits per heavy atom. The summed E-state index contributed by atoms with van der Waals surface area (Å²) in [5.74, 6) is 2.60. The molecule has 0 spiro atoms. The van der Waals surface area contributed by atoms with Crippen LogP contribution in [0, 0.1) is 25.7 Å². The molecule has 1 aliphatic rings. The molecule has 1 fully saturated rings. The van der Waals surface area contributed by atoms with E-state index in [9.17, 15) is 0 Å². The number of rotatable bonds is 6. The molecule has 0 N–H and O–H groups in total. The quantitative estimate of drug-likeness (QED) is 0.579. The SMILES string of the molecule is CCN(C)/C=N\c1cc(C)c(OCC2CC2C)cc1C. The molecule has 0 heterocycles. The number of benzene rings is 1. The second-order valence-electron chi connectivity index (χ2n) is 6.01. The lowest BCUT2D eigenvalue weighted by atomic mass is 10.1. The molecule has 2 unspecified atom stereocenters. The summed E-state index contributed by atoms with van der Waals surface area (Å²) in [4.78, 5) is 6.61. The van der Waals surface area contributed by atoms with Crippen LogP contribution in [-0.4, -0.2) is 31.4 Å². The monoisotopic (exact) mass is 274 g/mol. The van der Waals surface area contributed by atoms with Gasteiger partial charge in [-0.15, -0.1) is 0 Å². The maximum absolute atomic E-state index is 5.95. The van der Waals surface area contributed by atoms with E-state index in [-0.39, 0.29) is 0 Å². The van der Waals surface area contributed by atoms with Crippen LogP contribution in [0.1, 0.15) is 31.4 Å². The average molecular weight is 274 g/mol. The van der Waals surface area contributed by atoms with Crippen molar-refractivity contribution < 1.29 is 4.74 Å². The van der Waals surface area contributed by atoms with Gasteiger partial charge < -0.3 is 9.64 Å². The normalized spacial score (nSPS) is 21.2. The number of aliphatic imine (C=N–C) groups is 1. The molecule has 0 amide bonds. The molecule has 0 bridgehead atoms. The van der Waals surface area contributed by atoms with Gasteiger partial charge >= 0.3 is 0 Å². The molecule has 2 atom stereocenters. The number of ether oxygens (including phenoxy) is 1. The molecule has 0 radical (unpaired) electrons. The third-order valence-electron chi connectivity index (χ3n) is 4.12. The highest BCUT2D eigenvalue weighted by Crippen LogP contribution is 2.38. The Balaban J connectivity index is 2.05. The summed E-state index contributed by atoms with van der Waals surface area (Å²) in [5.41, 5.74) is 3.35. The first-order valence-electron chi connectivity index (χ1n) is 7.49. The highest BCUT2D eigenvalue weighted by molar-refractivity contribution is 5.64. The minimum Gasteiger partial charge on any atom is -0.493 e. The highest BCUT2D eigenvalue weighted by Gasteiger charge is 2.33. The van der Waals surface area contributed by atoms with Crippen LogP contribution < -0.4 is 4.74 Å². The van der Waals surface area contributed by atoms with Crippen LogP contribution in [-0.2, 0) is 0 Å². The van der Waals surface area contributed by atoms with E-state index in [1.807, 2.05) is 13.4 Å². The Hall–Kier alpha value is -1.51. The molecule has 2 rings (SSSR count). The van der Waals surface area contributed by atoms with Crippen molar-refractivity contribution in [3.05, 3.63) is 23.3 Å². The Morgan fingerprint density at radius 1 is 1.35 bits per heavy atom. The maximum atomic E-state index is 5.95. The molecule has 1 aromatic carbocycles. The summed E-state index contributed by atoms with van der Waals surface area (Å²) in [5, 5.41) is 0. The smallest absolute Gasteiger partial charge is 0.122 e. The zero-order valence-corrected chi connectivity index (χ0v) is 13.3. The lowest BCUT2D eigenvalue weighted by Crippen LogP contribution is -2.14. The third-order valence-corrected chi connectivity index (χ3v) is 4.12. The summed E-state index contributed by atoms with van der Waals surface area (Å²) in [6.07, 6.45) is 3.19. The molecule has 3 heteroatoms. The topological polar surface area (TPSA) is 24.8 Å². The molecule has 1 aliphatic carbocycles. The fourth-order valence-electron chi connectivity index (χ4n) is 2.14. The molecule has 0 aliphatic heterocycles. The molecule has 3 nitrogen and oxygen atoms in total. The average Bonchev–Trinajstić information content (AvgIpc) is 3.13. The fraction of sp³-hybridized carbons (Fsp3) is 0.588. The van der Waals surface area contributed by atoms with Crippen molar-refractivity contribution >= 4 is 12.0 Å². The molecule has 1 saturated carbocycles. The number of nitrogens with zero attached hydrogens (tertiary/aromatic N) is 2. The minimum absolute atomic E-state index is 0.755. The lowest BCUT2D eigenvalue weighted by molar-refractivity contribution is 0.291. The van der Waals surface area contributed by atoms with Gasteiger partial charge in [-0.2, -0.15) is 0 Å². The lowest BCUT2D eigenvalue weighted by Gasteiger charge is -2.13. The van der Waals surface area contributed by atoms with Gasteiger partial charge in [-0.05, 0) is 62.3 Å². The van der Waals surface area contributed by atoms with E-state index in [2.05, 4.69) is 49.7 Å². The summed E-state index contributed by atoms with van der Waals surface area (Å²) < 4.78 is 5.95. The van der Waals surface area contributed by atoms with Crippen LogP contribution in [0.15, 0.2) is 17.1 Å². The summed E-state index contributed by atoms with van der Waals surface area (Å²) in [6.45, 7) is 10.4. The summed E-state index contributed by atoms with van der Waals surface area (Å²) in [6, 6.07) is 4.22. The molecular formula is C17H26N2O. The Morgan fingerprint density at radius 2 is 2.05 bits per heavy atom. The molecule has 0 aromatic heterocycles. The van der Waals surface area contributed by atoms with E-state index in [0.717, 1.165) is 47.6 Å². The number of hydrogen-bond acceptors (Lipinski definition) is 2. The van der Waals surface area contributed by atoms with Crippen LogP contribution in [0.3, 0.4) is 0 Å². The van der Waals surface area contributed by atoms with Crippen molar-refractivity contribution in [3.8, 4) is 5.75 Å². The second kappa shape index (κ2) is 6.29. The van der Waals surface area contributed by atoms with Crippen molar-refractivity contribution in [1.82, 2.24) is 4.90 Å². The van der Waals surface area contributed by atoms with Gasteiger partial charge in [0, 0.05) is 13.6 Å². The number of hydrogen-bond donors (Lipinski definition) is 0. The van der Waals surface area contributed by atoms with Crippen molar-refractivity contribution in [2.45, 2.75) is 34.1 Å². The van der Waals surface area contributed by atoms with Crippen molar-refractivity contribution in [2.75, 3.05) is 20.2 Å². The van der Waals surface area contributed by atoms with Crippen LogP contribution in [0.5, 0.6) is 5.75 Å². The van der Waals surface area contributed by atoms with Crippen LogP contribution >= 0.6 is 0 Å². The largest absolute Gasteiger partial charge is 0.493 e. The van der Waals surface area contributed by atoms with E-state index >= 15 is 0 Å². The van der Waals surface area contributed by atoms with E-state index in [0.29, 0.717) is 0 Å². The Kier molecular flexibility index (Phi) is 4.69. The first-order chi connectivity index (χ1) is 9.51. The predicted molar refractivity (Wildman–Crippen MR) is 85.1 cm³/mol. The molecule has 1 aromatic rings. The summed E-state index contributed by atoms with van der Waals surface area (Å²) in [7, 11) is 2.03. The van der Waals surface area contributed by atoms with Crippen LogP contribution in [0.4, 0.5) is 5.69 Å². The van der Waals surface area contributed by atoms with E-state index < -0.39 is 0 Å². The summed E-state index contributed by atoms with van der Waals surface area (Å²) >= 11 is 0. The standard InChI is InChI=1S/C17H26N2O/c1-6-19(5)11-18-16-8-14(4)17(9-13(16)3)20-10-15-7-12(15)2/h8-9,11-12,15H,6-7,10H2,1-5H3/b18-11-. The van der Waals surface area contributed by atoms with Gasteiger partial charge in [0.25, 0.3) is 0 Å². The van der Waals surface area contributed by atoms with Gasteiger partial charge in [0.1, 0.15) is 5.75 Å². The minimum atomic E-state index is 0.755. The molecule has 0 saturated heterocycles. The van der Waals surface area contributed by atoms with E-state index in [1.54, 1.807) is 0 Å². The van der Waals surface area contributed by atoms with Gasteiger partial charge in [0.05, 0.1) is 18.6 Å². The van der Waals surface area contributed by atoms with Crippen molar-refractivity contribution in [2.24, 2.45) is 16.8 Å². The molecule has 110 valence electrons. The van der Waals surface area contributed by atoms with E-state index in [4.69, 9.17) is 4.74 Å². The number of aryl methyl sites for hydroxylation is 2. The molecular weight excluding hydrogens is 248 g/mol. The van der Waals surface area contributed by atoms with Crippen LogP contribution in [0.25, 0.3) is 0 Å². The van der Waals surface area contributed by atoms with Crippen molar-refractivity contribution in [3.63, 3.8) is 0 Å². The maximum Gasteiger partial charge on any atom is 0.122 e. The molecule has 20 heavy (non-hydrogen) atoms. The van der Waals surface area contributed by atoms with Gasteiger partial charge in [0.2, 0.25) is 0 Å². The van der Waals surface area contributed by atoms with Gasteiger partial charge in [-0.3, -0.25) is 0 Å². The van der Waals surface area contributed by atoms with Gasteiger partial charge in [-0.25, -0.2) is 4.99 Å². The Bertz CT molecular complexity index is 496. The second-order valence-corrected chi connectivity index (χ2v) is 6.01. The van der Waals surface area contributed by atoms with Crippen LogP contribution in [0.2, 0.25) is 0 Å². The first-order valence-corrected chi connectivity index (χ1v) is 7.49.